The van der Waals surface area contributed by atoms with Crippen LogP contribution in [-0.2, 0) is 15.1 Å². The molecule has 0 saturated heterocycles. The highest BCUT2D eigenvalue weighted by atomic mass is 16.5. The molecule has 0 aromatic heterocycles. The predicted octanol–water partition coefficient (Wildman–Crippen LogP) is 0.900. The van der Waals surface area contributed by atoms with Gasteiger partial charge in [0.2, 0.25) is 11.8 Å². The van der Waals surface area contributed by atoms with Crippen molar-refractivity contribution in [3.05, 3.63) is 29.8 Å². The second kappa shape index (κ2) is 7.00. The van der Waals surface area contributed by atoms with E-state index in [1.807, 2.05) is 38.1 Å². The lowest BCUT2D eigenvalue weighted by Gasteiger charge is -2.19. The van der Waals surface area contributed by atoms with E-state index >= 15 is 0 Å². The maximum atomic E-state index is 12.1. The lowest BCUT2D eigenvalue weighted by molar-refractivity contribution is -0.127. The van der Waals surface area contributed by atoms with Crippen molar-refractivity contribution < 1.29 is 14.3 Å². The van der Waals surface area contributed by atoms with Crippen LogP contribution >= 0.6 is 0 Å². The highest BCUT2D eigenvalue weighted by Crippen LogP contribution is 2.45. The summed E-state index contributed by atoms with van der Waals surface area (Å²) in [5.74, 6) is 0.310. The molecule has 1 aliphatic carbocycles. The van der Waals surface area contributed by atoms with Crippen molar-refractivity contribution in [1.82, 2.24) is 10.6 Å². The van der Waals surface area contributed by atoms with Gasteiger partial charge in [-0.2, -0.15) is 0 Å². The second-order valence-corrected chi connectivity index (χ2v) is 6.35. The monoisotopic (exact) mass is 319 g/mol. The number of nitrogens with two attached hydrogens (primary N) is 1. The van der Waals surface area contributed by atoms with Crippen LogP contribution in [0.4, 0.5) is 0 Å². The first-order chi connectivity index (χ1) is 10.9. The van der Waals surface area contributed by atoms with Crippen LogP contribution < -0.4 is 21.1 Å². The van der Waals surface area contributed by atoms with Gasteiger partial charge < -0.3 is 21.1 Å². The van der Waals surface area contributed by atoms with Gasteiger partial charge in [-0.1, -0.05) is 26.0 Å². The van der Waals surface area contributed by atoms with E-state index < -0.39 is 6.04 Å². The minimum absolute atomic E-state index is 0.0344. The van der Waals surface area contributed by atoms with Crippen LogP contribution in [0.2, 0.25) is 0 Å². The van der Waals surface area contributed by atoms with Crippen LogP contribution in [0.1, 0.15) is 32.3 Å². The van der Waals surface area contributed by atoms with Crippen LogP contribution in [0.3, 0.4) is 0 Å². The number of carbonyl (C=O) groups is 2. The van der Waals surface area contributed by atoms with Gasteiger partial charge in [0.05, 0.1) is 25.2 Å². The molecule has 1 saturated carbocycles. The molecule has 6 nitrogen and oxygen atoms in total. The van der Waals surface area contributed by atoms with Gasteiger partial charge in [0.15, 0.2) is 0 Å². The number of rotatable bonds is 7. The first-order valence-electron chi connectivity index (χ1n) is 7.87. The van der Waals surface area contributed by atoms with Gasteiger partial charge in [0.25, 0.3) is 0 Å². The molecule has 1 aromatic rings. The third-order valence-corrected chi connectivity index (χ3v) is 4.22. The Morgan fingerprint density at radius 2 is 1.87 bits per heavy atom. The zero-order valence-corrected chi connectivity index (χ0v) is 13.9. The predicted molar refractivity (Wildman–Crippen MR) is 87.9 cm³/mol. The number of benzene rings is 1. The zero-order valence-electron chi connectivity index (χ0n) is 13.9. The molecule has 2 amide bonds. The second-order valence-electron chi connectivity index (χ2n) is 6.35. The summed E-state index contributed by atoms with van der Waals surface area (Å²) in [7, 11) is 1.62. The lowest BCUT2D eigenvalue weighted by Crippen LogP contribution is -2.48. The first-order valence-corrected chi connectivity index (χ1v) is 7.87. The quantitative estimate of drug-likeness (QED) is 0.696. The topological polar surface area (TPSA) is 93.5 Å². The number of nitrogens with one attached hydrogen (secondary N) is 2. The van der Waals surface area contributed by atoms with E-state index in [0.29, 0.717) is 0 Å². The molecule has 0 radical (unpaired) electrons. The van der Waals surface area contributed by atoms with Crippen LogP contribution in [0, 0.1) is 5.92 Å². The molecule has 6 heteroatoms. The van der Waals surface area contributed by atoms with E-state index in [1.165, 1.54) is 0 Å². The van der Waals surface area contributed by atoms with Crippen molar-refractivity contribution in [2.45, 2.75) is 38.3 Å². The number of hydrogen-bond donors (Lipinski definition) is 3. The fourth-order valence-corrected chi connectivity index (χ4v) is 2.42. The SMILES string of the molecule is COc1ccc(C2(NC(=O)CNC(=O)[C@@H](N)C(C)C)CC2)cc1. The minimum Gasteiger partial charge on any atom is -0.497 e. The Morgan fingerprint density at radius 1 is 1.26 bits per heavy atom. The first kappa shape index (κ1) is 17.3. The Labute approximate surface area is 136 Å². The molecule has 4 N–H and O–H groups in total. The van der Waals surface area contributed by atoms with Gasteiger partial charge in [0, 0.05) is 0 Å². The average molecular weight is 319 g/mol. The average Bonchev–Trinajstić information content (AvgIpc) is 3.32. The van der Waals surface area contributed by atoms with Gasteiger partial charge in [-0.15, -0.1) is 0 Å². The van der Waals surface area contributed by atoms with Crippen molar-refractivity contribution in [2.24, 2.45) is 11.7 Å². The van der Waals surface area contributed by atoms with Crippen LogP contribution in [0.5, 0.6) is 5.75 Å². The standard InChI is InChI=1S/C17H25N3O3/c1-11(2)15(18)16(22)19-10-14(21)20-17(8-9-17)12-4-6-13(23-3)7-5-12/h4-7,11,15H,8-10,18H2,1-3H3,(H,19,22)(H,20,21)/t15-/m0/s1. The largest absolute Gasteiger partial charge is 0.497 e. The number of carbonyl (C=O) groups excluding carboxylic acids is 2. The fourth-order valence-electron chi connectivity index (χ4n) is 2.42. The molecule has 126 valence electrons. The fraction of sp³-hybridized carbons (Fsp3) is 0.529. The number of ether oxygens (including phenoxy) is 1. The maximum Gasteiger partial charge on any atom is 0.240 e. The van der Waals surface area contributed by atoms with Gasteiger partial charge in [0.1, 0.15) is 5.75 Å². The number of methoxy groups -OCH3 is 1. The molecule has 2 rings (SSSR count). The van der Waals surface area contributed by atoms with Gasteiger partial charge in [-0.25, -0.2) is 0 Å². The Morgan fingerprint density at radius 3 is 2.35 bits per heavy atom. The van der Waals surface area contributed by atoms with Crippen LogP contribution in [-0.4, -0.2) is 31.5 Å². The van der Waals surface area contributed by atoms with Gasteiger partial charge in [-0.05, 0) is 36.5 Å². The van der Waals surface area contributed by atoms with E-state index in [9.17, 15) is 9.59 Å². The summed E-state index contributed by atoms with van der Waals surface area (Å²) in [6.07, 6.45) is 1.79. The molecule has 23 heavy (non-hydrogen) atoms. The smallest absolute Gasteiger partial charge is 0.240 e. The molecule has 0 spiro atoms. The Hall–Kier alpha value is -2.08. The number of amides is 2. The molecule has 0 unspecified atom stereocenters. The summed E-state index contributed by atoms with van der Waals surface area (Å²) in [6, 6.07) is 7.08. The Bertz CT molecular complexity index is 565. The summed E-state index contributed by atoms with van der Waals surface area (Å²) in [4.78, 5) is 23.9. The normalized spacial score (nSPS) is 16.6. The zero-order chi connectivity index (χ0) is 17.0. The highest BCUT2D eigenvalue weighted by Gasteiger charge is 2.45. The van der Waals surface area contributed by atoms with Crippen molar-refractivity contribution >= 4 is 11.8 Å². The third kappa shape index (κ3) is 4.22. The lowest BCUT2D eigenvalue weighted by atomic mass is 10.0. The van der Waals surface area contributed by atoms with Crippen LogP contribution in [0.25, 0.3) is 0 Å². The van der Waals surface area contributed by atoms with E-state index in [0.717, 1.165) is 24.2 Å². The van der Waals surface area contributed by atoms with Crippen LogP contribution in [0.15, 0.2) is 24.3 Å². The summed E-state index contributed by atoms with van der Waals surface area (Å²) in [6.45, 7) is 3.68. The Kier molecular flexibility index (Phi) is 5.26. The molecule has 1 aliphatic rings. The molecule has 1 atom stereocenters. The van der Waals surface area contributed by atoms with E-state index in [2.05, 4.69) is 10.6 Å². The van der Waals surface area contributed by atoms with E-state index in [4.69, 9.17) is 10.5 Å². The summed E-state index contributed by atoms with van der Waals surface area (Å²) in [5, 5.41) is 5.60. The summed E-state index contributed by atoms with van der Waals surface area (Å²) < 4.78 is 5.14. The minimum atomic E-state index is -0.598. The van der Waals surface area contributed by atoms with E-state index in [1.54, 1.807) is 7.11 Å². The molecular formula is C17H25N3O3. The summed E-state index contributed by atoms with van der Waals surface area (Å²) >= 11 is 0. The molecule has 1 aromatic carbocycles. The molecule has 0 aliphatic heterocycles. The number of hydrogen-bond acceptors (Lipinski definition) is 4. The molecule has 0 bridgehead atoms. The van der Waals surface area contributed by atoms with E-state index in [-0.39, 0.29) is 29.8 Å². The van der Waals surface area contributed by atoms with Gasteiger partial charge in [-0.3, -0.25) is 9.59 Å². The van der Waals surface area contributed by atoms with Crippen molar-refractivity contribution in [3.8, 4) is 5.75 Å². The van der Waals surface area contributed by atoms with Crippen molar-refractivity contribution in [2.75, 3.05) is 13.7 Å². The molecular weight excluding hydrogens is 294 g/mol. The third-order valence-electron chi connectivity index (χ3n) is 4.22. The van der Waals surface area contributed by atoms with Crippen molar-refractivity contribution in [1.29, 1.82) is 0 Å². The summed E-state index contributed by atoms with van der Waals surface area (Å²) in [5.41, 5.74) is 6.49. The van der Waals surface area contributed by atoms with Crippen molar-refractivity contribution in [3.63, 3.8) is 0 Å². The molecule has 0 heterocycles. The van der Waals surface area contributed by atoms with Gasteiger partial charge >= 0.3 is 0 Å². The Balaban J connectivity index is 1.88. The molecule has 1 fully saturated rings. The maximum absolute atomic E-state index is 12.1. The highest BCUT2D eigenvalue weighted by molar-refractivity contribution is 5.87.